The van der Waals surface area contributed by atoms with Crippen LogP contribution < -0.4 is 0 Å². The van der Waals surface area contributed by atoms with E-state index in [9.17, 15) is 9.90 Å². The maximum absolute atomic E-state index is 11.1. The highest BCUT2D eigenvalue weighted by Gasteiger charge is 2.14. The van der Waals surface area contributed by atoms with E-state index in [2.05, 4.69) is 18.6 Å². The van der Waals surface area contributed by atoms with E-state index in [1.165, 1.54) is 90.6 Å². The summed E-state index contributed by atoms with van der Waals surface area (Å²) in [4.78, 5) is 11.1. The number of aliphatic hydroxyl groups is 1. The first-order chi connectivity index (χ1) is 15.7. The first-order valence-electron chi connectivity index (χ1n) is 13.6. The monoisotopic (exact) mass is 458 g/mol. The molecule has 0 spiro atoms. The van der Waals surface area contributed by atoms with Crippen molar-refractivity contribution in [1.29, 1.82) is 0 Å². The number of carbonyl (C=O) groups excluding carboxylic acids is 1. The second-order valence-corrected chi connectivity index (χ2v) is 9.13. The number of hydrogen-bond acceptors (Lipinski definition) is 5. The number of carbonyl (C=O) groups is 1. The minimum atomic E-state index is -0.283. The number of ether oxygens (including phenoxy) is 3. The lowest BCUT2D eigenvalue weighted by Crippen LogP contribution is -2.28. The Bertz CT molecular complexity index is 388. The molecule has 0 aliphatic rings. The summed E-state index contributed by atoms with van der Waals surface area (Å²) in [5.41, 5.74) is 0. The Morgan fingerprint density at radius 1 is 0.688 bits per heavy atom. The summed E-state index contributed by atoms with van der Waals surface area (Å²) in [5, 5.41) is 9.60. The van der Waals surface area contributed by atoms with Crippen LogP contribution in [0.3, 0.4) is 0 Å². The highest BCUT2D eigenvalue weighted by molar-refractivity contribution is 5.68. The second kappa shape index (κ2) is 25.0. The van der Waals surface area contributed by atoms with Gasteiger partial charge in [0.25, 0.3) is 0 Å². The minimum absolute atomic E-state index is 0.0318. The number of unbranched alkanes of at least 4 members (excludes halogenated alkanes) is 12. The molecule has 192 valence electrons. The van der Waals surface area contributed by atoms with Crippen LogP contribution in [-0.4, -0.2) is 50.2 Å². The minimum Gasteiger partial charge on any atom is -0.469 e. The molecule has 0 heterocycles. The van der Waals surface area contributed by atoms with Gasteiger partial charge in [0.1, 0.15) is 6.10 Å². The first kappa shape index (κ1) is 31.4. The molecule has 0 aromatic heterocycles. The van der Waals surface area contributed by atoms with Crippen LogP contribution in [0.5, 0.6) is 0 Å². The molecule has 0 rings (SSSR count). The van der Waals surface area contributed by atoms with Gasteiger partial charge in [-0.25, -0.2) is 0 Å². The third kappa shape index (κ3) is 21.2. The molecule has 5 heteroatoms. The van der Waals surface area contributed by atoms with Crippen molar-refractivity contribution in [3.63, 3.8) is 0 Å². The first-order valence-corrected chi connectivity index (χ1v) is 13.6. The number of methoxy groups -OCH3 is 1. The fourth-order valence-corrected chi connectivity index (χ4v) is 3.90. The number of rotatable bonds is 25. The molecular weight excluding hydrogens is 404 g/mol. The Kier molecular flexibility index (Phi) is 24.5. The van der Waals surface area contributed by atoms with Gasteiger partial charge in [0.2, 0.25) is 0 Å². The van der Waals surface area contributed by atoms with Gasteiger partial charge in [0.15, 0.2) is 0 Å². The van der Waals surface area contributed by atoms with Crippen LogP contribution in [0.2, 0.25) is 0 Å². The summed E-state index contributed by atoms with van der Waals surface area (Å²) in [6.45, 7) is 5.43. The summed E-state index contributed by atoms with van der Waals surface area (Å²) in [7, 11) is 1.41. The molecule has 0 amide bonds. The van der Waals surface area contributed by atoms with Gasteiger partial charge in [-0.05, 0) is 25.7 Å². The van der Waals surface area contributed by atoms with Crippen molar-refractivity contribution in [1.82, 2.24) is 0 Å². The zero-order chi connectivity index (χ0) is 23.7. The summed E-state index contributed by atoms with van der Waals surface area (Å²) in [5.74, 6) is -0.187. The van der Waals surface area contributed by atoms with Crippen LogP contribution in [0.1, 0.15) is 129 Å². The molecule has 5 nitrogen and oxygen atoms in total. The largest absolute Gasteiger partial charge is 0.469 e. The Morgan fingerprint density at radius 2 is 1.25 bits per heavy atom. The van der Waals surface area contributed by atoms with Crippen molar-refractivity contribution in [3.8, 4) is 0 Å². The smallest absolute Gasteiger partial charge is 0.305 e. The van der Waals surface area contributed by atoms with Gasteiger partial charge < -0.3 is 19.3 Å². The van der Waals surface area contributed by atoms with E-state index in [1.807, 2.05) is 0 Å². The van der Waals surface area contributed by atoms with Crippen molar-refractivity contribution in [2.75, 3.05) is 26.9 Å². The molecule has 0 aromatic rings. The average Bonchev–Trinajstić information content (AvgIpc) is 2.81. The zero-order valence-electron chi connectivity index (χ0n) is 21.6. The Hall–Kier alpha value is -0.650. The van der Waals surface area contributed by atoms with E-state index >= 15 is 0 Å². The summed E-state index contributed by atoms with van der Waals surface area (Å²) in [6.07, 6.45) is 21.4. The molecule has 0 radical (unpaired) electrons. The summed E-state index contributed by atoms with van der Waals surface area (Å²) >= 11 is 0. The van der Waals surface area contributed by atoms with Crippen molar-refractivity contribution >= 4 is 5.97 Å². The lowest BCUT2D eigenvalue weighted by molar-refractivity contribution is -0.140. The van der Waals surface area contributed by atoms with E-state index in [0.717, 1.165) is 25.7 Å². The number of aliphatic hydroxyl groups excluding tert-OH is 1. The van der Waals surface area contributed by atoms with Crippen LogP contribution in [0.4, 0.5) is 0 Å². The lowest BCUT2D eigenvalue weighted by Gasteiger charge is -2.22. The highest BCUT2D eigenvalue weighted by Crippen LogP contribution is 2.17. The predicted octanol–water partition coefficient (Wildman–Crippen LogP) is 6.98. The van der Waals surface area contributed by atoms with Gasteiger partial charge in [-0.15, -0.1) is 0 Å². The summed E-state index contributed by atoms with van der Waals surface area (Å²) in [6, 6.07) is 0. The number of esters is 1. The molecule has 2 atom stereocenters. The highest BCUT2D eigenvalue weighted by atomic mass is 16.5. The second-order valence-electron chi connectivity index (χ2n) is 9.13. The van der Waals surface area contributed by atoms with Crippen LogP contribution in [0, 0.1) is 0 Å². The lowest BCUT2D eigenvalue weighted by atomic mass is 10.0. The molecular formula is C27H54O5. The normalized spacial score (nSPS) is 13.2. The SMILES string of the molecule is CCCCCCCCCCCCCC(CCCC)OCC(CO)OCCCCC(=O)OC. The van der Waals surface area contributed by atoms with E-state index in [1.54, 1.807) is 0 Å². The Balaban J connectivity index is 3.86. The summed E-state index contributed by atoms with van der Waals surface area (Å²) < 4.78 is 16.5. The molecule has 0 saturated heterocycles. The standard InChI is InChI=1S/C27H54O5/c1-4-6-8-9-10-11-12-13-14-15-16-20-25(19-7-5-2)32-24-26(23-28)31-22-18-17-21-27(29)30-3/h25-26,28H,4-24H2,1-3H3. The fraction of sp³-hybridized carbons (Fsp3) is 0.963. The molecule has 0 fully saturated rings. The van der Waals surface area contributed by atoms with Gasteiger partial charge in [-0.1, -0.05) is 97.3 Å². The van der Waals surface area contributed by atoms with Crippen molar-refractivity contribution in [3.05, 3.63) is 0 Å². The maximum atomic E-state index is 11.1. The van der Waals surface area contributed by atoms with Crippen LogP contribution in [0.25, 0.3) is 0 Å². The van der Waals surface area contributed by atoms with Gasteiger partial charge in [0, 0.05) is 13.0 Å². The van der Waals surface area contributed by atoms with Gasteiger partial charge in [-0.3, -0.25) is 4.79 Å². The Labute approximate surface area is 199 Å². The van der Waals surface area contributed by atoms with Gasteiger partial charge >= 0.3 is 5.97 Å². The van der Waals surface area contributed by atoms with Gasteiger partial charge in [-0.2, -0.15) is 0 Å². The molecule has 0 bridgehead atoms. The average molecular weight is 459 g/mol. The topological polar surface area (TPSA) is 65.0 Å². The Morgan fingerprint density at radius 3 is 1.81 bits per heavy atom. The quantitative estimate of drug-likeness (QED) is 0.118. The van der Waals surface area contributed by atoms with Crippen LogP contribution in [0.15, 0.2) is 0 Å². The molecule has 1 N–H and O–H groups in total. The molecule has 0 aliphatic heterocycles. The predicted molar refractivity (Wildman–Crippen MR) is 133 cm³/mol. The van der Waals surface area contributed by atoms with Crippen molar-refractivity contribution in [2.45, 2.75) is 142 Å². The van der Waals surface area contributed by atoms with E-state index < -0.39 is 0 Å². The molecule has 2 unspecified atom stereocenters. The number of hydrogen-bond donors (Lipinski definition) is 1. The van der Waals surface area contributed by atoms with Crippen LogP contribution in [-0.2, 0) is 19.0 Å². The van der Waals surface area contributed by atoms with E-state index in [0.29, 0.717) is 19.6 Å². The molecule has 0 saturated carbocycles. The molecule has 0 aromatic carbocycles. The van der Waals surface area contributed by atoms with E-state index in [-0.39, 0.29) is 24.8 Å². The molecule has 0 aliphatic carbocycles. The maximum Gasteiger partial charge on any atom is 0.305 e. The third-order valence-corrected chi connectivity index (χ3v) is 6.09. The van der Waals surface area contributed by atoms with Gasteiger partial charge in [0.05, 0.1) is 26.4 Å². The fourth-order valence-electron chi connectivity index (χ4n) is 3.90. The third-order valence-electron chi connectivity index (χ3n) is 6.09. The zero-order valence-corrected chi connectivity index (χ0v) is 21.6. The van der Waals surface area contributed by atoms with E-state index in [4.69, 9.17) is 9.47 Å². The van der Waals surface area contributed by atoms with Crippen LogP contribution >= 0.6 is 0 Å². The van der Waals surface area contributed by atoms with Crippen molar-refractivity contribution in [2.24, 2.45) is 0 Å². The van der Waals surface area contributed by atoms with Crippen molar-refractivity contribution < 1.29 is 24.1 Å². The molecule has 32 heavy (non-hydrogen) atoms.